The first-order valence-electron chi connectivity index (χ1n) is 11.4. The molecule has 1 saturated heterocycles. The number of aromatic nitrogens is 2. The third kappa shape index (κ3) is 5.67. The molecule has 1 fully saturated rings. The van der Waals surface area contributed by atoms with Crippen LogP contribution in [0.3, 0.4) is 0 Å². The largest absolute Gasteiger partial charge is 0.323 e. The van der Waals surface area contributed by atoms with Gasteiger partial charge in [0.1, 0.15) is 0 Å². The van der Waals surface area contributed by atoms with Crippen LogP contribution >= 0.6 is 0 Å². The van der Waals surface area contributed by atoms with Crippen LogP contribution in [0.25, 0.3) is 5.69 Å². The lowest BCUT2D eigenvalue weighted by molar-refractivity contribution is -0.116. The third-order valence-electron chi connectivity index (χ3n) is 6.17. The average molecular weight is 443 g/mol. The second kappa shape index (κ2) is 10.4. The number of rotatable bonds is 7. The van der Waals surface area contributed by atoms with E-state index >= 15 is 0 Å². The monoisotopic (exact) mass is 442 g/mol. The summed E-state index contributed by atoms with van der Waals surface area (Å²) in [7, 11) is 0. The van der Waals surface area contributed by atoms with Crippen molar-refractivity contribution in [2.24, 2.45) is 0 Å². The molecule has 0 saturated carbocycles. The zero-order chi connectivity index (χ0) is 23.2. The molecule has 0 aliphatic carbocycles. The summed E-state index contributed by atoms with van der Waals surface area (Å²) in [5.41, 5.74) is 5.46. The molecule has 33 heavy (non-hydrogen) atoms. The van der Waals surface area contributed by atoms with Crippen molar-refractivity contribution in [3.05, 3.63) is 77.1 Å². The number of hydrogen-bond donors (Lipinski definition) is 1. The van der Waals surface area contributed by atoms with E-state index in [2.05, 4.69) is 26.3 Å². The van der Waals surface area contributed by atoms with Gasteiger partial charge in [0.05, 0.1) is 34.4 Å². The summed E-state index contributed by atoms with van der Waals surface area (Å²) in [6.07, 6.45) is 0.463. The number of carbonyl (C=O) groups is 1. The number of para-hydroxylation sites is 1. The van der Waals surface area contributed by atoms with Crippen LogP contribution in [0.4, 0.5) is 5.69 Å². The normalized spacial score (nSPS) is 14.7. The number of aryl methyl sites for hydroxylation is 1. The van der Waals surface area contributed by atoms with Crippen LogP contribution in [0.15, 0.2) is 54.6 Å². The molecule has 7 nitrogen and oxygen atoms in total. The minimum atomic E-state index is 0.0221. The lowest BCUT2D eigenvalue weighted by Crippen LogP contribution is -2.46. The molecular weight excluding hydrogens is 412 g/mol. The Morgan fingerprint density at radius 3 is 2.33 bits per heavy atom. The highest BCUT2D eigenvalue weighted by Crippen LogP contribution is 2.23. The smallest absolute Gasteiger partial charge is 0.225 e. The Kier molecular flexibility index (Phi) is 7.18. The van der Waals surface area contributed by atoms with E-state index < -0.39 is 0 Å². The highest BCUT2D eigenvalue weighted by molar-refractivity contribution is 5.92. The molecule has 7 heteroatoms. The Balaban J connectivity index is 1.24. The van der Waals surface area contributed by atoms with E-state index in [1.165, 1.54) is 5.56 Å². The van der Waals surface area contributed by atoms with E-state index in [1.54, 1.807) is 0 Å². The van der Waals surface area contributed by atoms with Gasteiger partial charge in [-0.1, -0.05) is 30.3 Å². The predicted octanol–water partition coefficient (Wildman–Crippen LogP) is 3.51. The second-order valence-electron chi connectivity index (χ2n) is 8.52. The molecule has 1 aliphatic heterocycles. The summed E-state index contributed by atoms with van der Waals surface area (Å²) < 4.78 is 1.87. The van der Waals surface area contributed by atoms with Gasteiger partial charge in [0.25, 0.3) is 0 Å². The Morgan fingerprint density at radius 2 is 1.67 bits per heavy atom. The zero-order valence-corrected chi connectivity index (χ0v) is 19.3. The van der Waals surface area contributed by atoms with E-state index in [4.69, 9.17) is 5.26 Å². The maximum absolute atomic E-state index is 12.7. The quantitative estimate of drug-likeness (QED) is 0.606. The predicted molar refractivity (Wildman–Crippen MR) is 129 cm³/mol. The summed E-state index contributed by atoms with van der Waals surface area (Å²) in [5.74, 6) is 0.0221. The van der Waals surface area contributed by atoms with Crippen LogP contribution in [0, 0.1) is 25.2 Å². The maximum atomic E-state index is 12.7. The van der Waals surface area contributed by atoms with Gasteiger partial charge in [0, 0.05) is 45.7 Å². The lowest BCUT2D eigenvalue weighted by Gasteiger charge is -2.34. The van der Waals surface area contributed by atoms with Crippen LogP contribution in [0.1, 0.15) is 28.9 Å². The van der Waals surface area contributed by atoms with Gasteiger partial charge in [-0.3, -0.25) is 9.69 Å². The van der Waals surface area contributed by atoms with Crippen LogP contribution in [-0.2, 0) is 11.3 Å². The van der Waals surface area contributed by atoms with Crippen molar-refractivity contribution in [2.45, 2.75) is 26.8 Å². The number of amides is 1. The van der Waals surface area contributed by atoms with Crippen LogP contribution in [0.2, 0.25) is 0 Å². The number of nitrogens with zero attached hydrogens (tertiary/aromatic N) is 5. The number of benzene rings is 2. The molecule has 3 aromatic rings. The first-order chi connectivity index (χ1) is 16.0. The van der Waals surface area contributed by atoms with E-state index in [1.807, 2.05) is 73.1 Å². The molecule has 0 spiro atoms. The maximum Gasteiger partial charge on any atom is 0.225 e. The van der Waals surface area contributed by atoms with Crippen molar-refractivity contribution in [3.63, 3.8) is 0 Å². The molecule has 170 valence electrons. The summed E-state index contributed by atoms with van der Waals surface area (Å²) in [6, 6.07) is 19.9. The summed E-state index contributed by atoms with van der Waals surface area (Å²) >= 11 is 0. The minimum absolute atomic E-state index is 0.0221. The van der Waals surface area contributed by atoms with Gasteiger partial charge in [-0.05, 0) is 43.7 Å². The van der Waals surface area contributed by atoms with Gasteiger partial charge in [-0.15, -0.1) is 0 Å². The molecule has 0 bridgehead atoms. The fourth-order valence-corrected chi connectivity index (χ4v) is 4.22. The topological polar surface area (TPSA) is 77.2 Å². The van der Waals surface area contributed by atoms with Crippen molar-refractivity contribution < 1.29 is 4.79 Å². The minimum Gasteiger partial charge on any atom is -0.323 e. The van der Waals surface area contributed by atoms with Crippen molar-refractivity contribution in [3.8, 4) is 11.8 Å². The second-order valence-corrected chi connectivity index (χ2v) is 8.52. The van der Waals surface area contributed by atoms with Crippen molar-refractivity contribution in [1.82, 2.24) is 19.6 Å². The number of carbonyl (C=O) groups excluding carboxylic acids is 1. The average Bonchev–Trinajstić information content (AvgIpc) is 3.13. The highest BCUT2D eigenvalue weighted by atomic mass is 16.1. The molecule has 1 N–H and O–H groups in total. The van der Waals surface area contributed by atoms with Crippen molar-refractivity contribution in [2.75, 3.05) is 38.0 Å². The standard InChI is InChI=1S/C26H30N6O/c1-20-26(21(2)32(29-20)24-6-4-3-5-7-24)28-25(33)12-13-30-14-16-31(17-15-30)19-23-10-8-22(18-27)9-11-23/h3-11H,12-17,19H2,1-2H3,(H,28,33). The summed E-state index contributed by atoms with van der Waals surface area (Å²) in [6.45, 7) is 9.41. The first kappa shape index (κ1) is 22.7. The Labute approximate surface area is 195 Å². The van der Waals surface area contributed by atoms with E-state index in [0.29, 0.717) is 12.0 Å². The molecule has 1 amide bonds. The van der Waals surface area contributed by atoms with Crippen LogP contribution in [0.5, 0.6) is 0 Å². The van der Waals surface area contributed by atoms with Gasteiger partial charge >= 0.3 is 0 Å². The molecule has 0 atom stereocenters. The van der Waals surface area contributed by atoms with Crippen molar-refractivity contribution >= 4 is 11.6 Å². The number of anilines is 1. The Bertz CT molecular complexity index is 1120. The van der Waals surface area contributed by atoms with Gasteiger partial charge < -0.3 is 10.2 Å². The van der Waals surface area contributed by atoms with E-state index in [-0.39, 0.29) is 5.91 Å². The van der Waals surface area contributed by atoms with Gasteiger partial charge in [-0.2, -0.15) is 10.4 Å². The van der Waals surface area contributed by atoms with Gasteiger partial charge in [-0.25, -0.2) is 4.68 Å². The Hall–Kier alpha value is -3.47. The third-order valence-corrected chi connectivity index (χ3v) is 6.17. The first-order valence-corrected chi connectivity index (χ1v) is 11.4. The fraction of sp³-hybridized carbons (Fsp3) is 0.346. The van der Waals surface area contributed by atoms with Crippen molar-refractivity contribution in [1.29, 1.82) is 5.26 Å². The fourth-order valence-electron chi connectivity index (χ4n) is 4.22. The lowest BCUT2D eigenvalue weighted by atomic mass is 10.1. The number of nitriles is 1. The number of nitrogens with one attached hydrogen (secondary N) is 1. The van der Waals surface area contributed by atoms with Gasteiger partial charge in [0.15, 0.2) is 0 Å². The molecule has 2 heterocycles. The molecule has 2 aromatic carbocycles. The molecule has 4 rings (SSSR count). The number of piperazine rings is 1. The zero-order valence-electron chi connectivity index (χ0n) is 19.3. The molecule has 1 aliphatic rings. The molecule has 1 aromatic heterocycles. The highest BCUT2D eigenvalue weighted by Gasteiger charge is 2.19. The van der Waals surface area contributed by atoms with Crippen LogP contribution in [-0.4, -0.2) is 58.2 Å². The number of hydrogen-bond acceptors (Lipinski definition) is 5. The molecule has 0 unspecified atom stereocenters. The summed E-state index contributed by atoms with van der Waals surface area (Å²) in [5, 5.41) is 16.6. The van der Waals surface area contributed by atoms with Gasteiger partial charge in [0.2, 0.25) is 5.91 Å². The van der Waals surface area contributed by atoms with Crippen LogP contribution < -0.4 is 5.32 Å². The van der Waals surface area contributed by atoms with E-state index in [0.717, 1.165) is 62.0 Å². The molecule has 0 radical (unpaired) electrons. The molecular formula is C26H30N6O. The Morgan fingerprint density at radius 1 is 1.00 bits per heavy atom. The summed E-state index contributed by atoms with van der Waals surface area (Å²) in [4.78, 5) is 17.4. The SMILES string of the molecule is Cc1nn(-c2ccccc2)c(C)c1NC(=O)CCN1CCN(Cc2ccc(C#N)cc2)CC1. The van der Waals surface area contributed by atoms with E-state index in [9.17, 15) is 4.79 Å².